The number of hydrogen-bond acceptors (Lipinski definition) is 5. The topological polar surface area (TPSA) is 65.8 Å². The van der Waals surface area contributed by atoms with Gasteiger partial charge in [-0.1, -0.05) is 0 Å². The third-order valence-electron chi connectivity index (χ3n) is 4.07. The van der Waals surface area contributed by atoms with Crippen LogP contribution in [-0.4, -0.2) is 71.9 Å². The highest BCUT2D eigenvalue weighted by molar-refractivity contribution is 7.99. The molecule has 23 heavy (non-hydrogen) atoms. The van der Waals surface area contributed by atoms with Gasteiger partial charge in [-0.25, -0.2) is 0 Å². The SMILES string of the molecule is Cl.O=C(CC1CSCCN1)N1CCN(C(=O)c2ccco2)CC1. The zero-order chi connectivity index (χ0) is 15.4. The highest BCUT2D eigenvalue weighted by atomic mass is 35.5. The molecule has 1 aromatic rings. The molecule has 1 N–H and O–H groups in total. The van der Waals surface area contributed by atoms with E-state index in [1.54, 1.807) is 17.0 Å². The molecule has 3 rings (SSSR count). The second-order valence-electron chi connectivity index (χ2n) is 5.58. The zero-order valence-corrected chi connectivity index (χ0v) is 14.5. The van der Waals surface area contributed by atoms with Crippen molar-refractivity contribution in [2.45, 2.75) is 12.5 Å². The normalized spacial score (nSPS) is 21.7. The molecule has 0 radical (unpaired) electrons. The van der Waals surface area contributed by atoms with Crippen molar-refractivity contribution in [1.82, 2.24) is 15.1 Å². The Morgan fingerprint density at radius 2 is 2.00 bits per heavy atom. The van der Waals surface area contributed by atoms with Gasteiger partial charge < -0.3 is 19.5 Å². The Bertz CT molecular complexity index is 512. The van der Waals surface area contributed by atoms with E-state index in [2.05, 4.69) is 5.32 Å². The summed E-state index contributed by atoms with van der Waals surface area (Å²) in [6.07, 6.45) is 2.06. The molecule has 0 bridgehead atoms. The number of carbonyl (C=O) groups is 2. The third-order valence-corrected chi connectivity index (χ3v) is 5.20. The molecule has 0 saturated carbocycles. The summed E-state index contributed by atoms with van der Waals surface area (Å²) in [6, 6.07) is 3.67. The van der Waals surface area contributed by atoms with Gasteiger partial charge in [0, 0.05) is 56.7 Å². The van der Waals surface area contributed by atoms with Crippen LogP contribution in [0.1, 0.15) is 17.0 Å². The molecular weight excluding hydrogens is 338 g/mol. The monoisotopic (exact) mass is 359 g/mol. The Kier molecular flexibility index (Phi) is 6.80. The number of piperazine rings is 1. The van der Waals surface area contributed by atoms with Crippen LogP contribution in [0.3, 0.4) is 0 Å². The quantitative estimate of drug-likeness (QED) is 0.874. The standard InChI is InChI=1S/C15H21N3O3S.ClH/c19-14(10-12-11-22-9-3-16-12)17-4-6-18(7-5-17)15(20)13-2-1-8-21-13;/h1-2,8,12,16H,3-7,9-11H2;1H. The molecule has 6 nitrogen and oxygen atoms in total. The Hall–Kier alpha value is -1.18. The van der Waals surface area contributed by atoms with Crippen LogP contribution in [0.4, 0.5) is 0 Å². The molecule has 3 heterocycles. The van der Waals surface area contributed by atoms with Gasteiger partial charge in [-0.3, -0.25) is 9.59 Å². The first-order valence-electron chi connectivity index (χ1n) is 7.66. The fourth-order valence-corrected chi connectivity index (χ4v) is 3.75. The van der Waals surface area contributed by atoms with Crippen LogP contribution >= 0.6 is 24.2 Å². The Morgan fingerprint density at radius 3 is 2.61 bits per heavy atom. The van der Waals surface area contributed by atoms with Gasteiger partial charge in [0.15, 0.2) is 5.76 Å². The summed E-state index contributed by atoms with van der Waals surface area (Å²) >= 11 is 1.90. The smallest absolute Gasteiger partial charge is 0.289 e. The van der Waals surface area contributed by atoms with E-state index < -0.39 is 0 Å². The molecule has 0 spiro atoms. The van der Waals surface area contributed by atoms with Crippen LogP contribution in [0.5, 0.6) is 0 Å². The average Bonchev–Trinajstić information content (AvgIpc) is 3.10. The predicted octanol–water partition coefficient (Wildman–Crippen LogP) is 1.08. The number of thioether (sulfide) groups is 1. The fourth-order valence-electron chi connectivity index (χ4n) is 2.81. The first kappa shape index (κ1) is 18.2. The fraction of sp³-hybridized carbons (Fsp3) is 0.600. The van der Waals surface area contributed by atoms with Crippen molar-refractivity contribution in [3.63, 3.8) is 0 Å². The van der Waals surface area contributed by atoms with Crippen LogP contribution < -0.4 is 5.32 Å². The lowest BCUT2D eigenvalue weighted by molar-refractivity contribution is -0.133. The molecular formula is C15H22ClN3O3S. The third kappa shape index (κ3) is 4.65. The molecule has 128 valence electrons. The minimum atomic E-state index is -0.0950. The van der Waals surface area contributed by atoms with Gasteiger partial charge in [-0.15, -0.1) is 12.4 Å². The lowest BCUT2D eigenvalue weighted by atomic mass is 10.2. The van der Waals surface area contributed by atoms with Gasteiger partial charge in [0.05, 0.1) is 6.26 Å². The van der Waals surface area contributed by atoms with Gasteiger partial charge in [0.25, 0.3) is 5.91 Å². The van der Waals surface area contributed by atoms with Crippen LogP contribution in [0.15, 0.2) is 22.8 Å². The number of carbonyl (C=O) groups excluding carboxylic acids is 2. The van der Waals surface area contributed by atoms with Crippen molar-refractivity contribution in [3.8, 4) is 0 Å². The maximum absolute atomic E-state index is 12.3. The van der Waals surface area contributed by atoms with E-state index >= 15 is 0 Å². The molecule has 2 aliphatic rings. The Balaban J connectivity index is 0.00000192. The summed E-state index contributed by atoms with van der Waals surface area (Å²) in [6.45, 7) is 3.32. The van der Waals surface area contributed by atoms with E-state index in [-0.39, 0.29) is 30.3 Å². The maximum Gasteiger partial charge on any atom is 0.289 e. The van der Waals surface area contributed by atoms with Crippen molar-refractivity contribution in [2.75, 3.05) is 44.2 Å². The van der Waals surface area contributed by atoms with Gasteiger partial charge in [-0.2, -0.15) is 11.8 Å². The summed E-state index contributed by atoms with van der Waals surface area (Å²) in [7, 11) is 0. The Labute approximate surface area is 146 Å². The summed E-state index contributed by atoms with van der Waals surface area (Å²) < 4.78 is 5.14. The molecule has 8 heteroatoms. The number of hydrogen-bond donors (Lipinski definition) is 1. The van der Waals surface area contributed by atoms with Gasteiger partial charge in [0.1, 0.15) is 0 Å². The predicted molar refractivity (Wildman–Crippen MR) is 92.2 cm³/mol. The molecule has 2 saturated heterocycles. The lowest BCUT2D eigenvalue weighted by Gasteiger charge is -2.35. The molecule has 2 fully saturated rings. The number of nitrogens with one attached hydrogen (secondary N) is 1. The zero-order valence-electron chi connectivity index (χ0n) is 12.9. The van der Waals surface area contributed by atoms with Crippen molar-refractivity contribution < 1.29 is 14.0 Å². The van der Waals surface area contributed by atoms with E-state index in [1.165, 1.54) is 6.26 Å². The first-order chi connectivity index (χ1) is 10.7. The summed E-state index contributed by atoms with van der Waals surface area (Å²) in [5.41, 5.74) is 0. The van der Waals surface area contributed by atoms with E-state index in [1.807, 2.05) is 16.7 Å². The number of rotatable bonds is 3. The largest absolute Gasteiger partial charge is 0.459 e. The highest BCUT2D eigenvalue weighted by Gasteiger charge is 2.27. The second kappa shape index (κ2) is 8.61. The number of halogens is 1. The van der Waals surface area contributed by atoms with Gasteiger partial charge in [-0.05, 0) is 12.1 Å². The second-order valence-corrected chi connectivity index (χ2v) is 6.73. The van der Waals surface area contributed by atoms with Gasteiger partial charge in [0.2, 0.25) is 5.91 Å². The van der Waals surface area contributed by atoms with Gasteiger partial charge >= 0.3 is 0 Å². The van der Waals surface area contributed by atoms with Crippen molar-refractivity contribution in [3.05, 3.63) is 24.2 Å². The number of furan rings is 1. The minimum Gasteiger partial charge on any atom is -0.459 e. The molecule has 2 aliphatic heterocycles. The van der Waals surface area contributed by atoms with Crippen molar-refractivity contribution >= 4 is 36.0 Å². The van der Waals surface area contributed by atoms with E-state index in [4.69, 9.17) is 4.42 Å². The summed E-state index contributed by atoms with van der Waals surface area (Å²) in [5, 5.41) is 3.39. The minimum absolute atomic E-state index is 0. The molecule has 0 aliphatic carbocycles. The summed E-state index contributed by atoms with van der Waals surface area (Å²) in [4.78, 5) is 28.1. The van der Waals surface area contributed by atoms with Crippen LogP contribution in [0.2, 0.25) is 0 Å². The molecule has 2 amide bonds. The highest BCUT2D eigenvalue weighted by Crippen LogP contribution is 2.14. The maximum atomic E-state index is 12.3. The first-order valence-corrected chi connectivity index (χ1v) is 8.81. The average molecular weight is 360 g/mol. The van der Waals surface area contributed by atoms with Crippen LogP contribution in [0.25, 0.3) is 0 Å². The van der Waals surface area contributed by atoms with Crippen LogP contribution in [0, 0.1) is 0 Å². The molecule has 1 unspecified atom stereocenters. The van der Waals surface area contributed by atoms with Crippen molar-refractivity contribution in [2.24, 2.45) is 0 Å². The summed E-state index contributed by atoms with van der Waals surface area (Å²) in [5.74, 6) is 2.58. The number of amides is 2. The Morgan fingerprint density at radius 1 is 1.26 bits per heavy atom. The number of nitrogens with zero attached hydrogens (tertiary/aromatic N) is 2. The van der Waals surface area contributed by atoms with E-state index in [0.717, 1.165) is 18.1 Å². The molecule has 0 aromatic carbocycles. The molecule has 1 aromatic heterocycles. The lowest BCUT2D eigenvalue weighted by Crippen LogP contribution is -2.52. The van der Waals surface area contributed by atoms with Crippen LogP contribution in [-0.2, 0) is 4.79 Å². The van der Waals surface area contributed by atoms with E-state index in [9.17, 15) is 9.59 Å². The van der Waals surface area contributed by atoms with Crippen molar-refractivity contribution in [1.29, 1.82) is 0 Å². The molecule has 1 atom stereocenters. The van der Waals surface area contributed by atoms with E-state index in [0.29, 0.717) is 38.4 Å².